The van der Waals surface area contributed by atoms with Gasteiger partial charge >= 0.3 is 0 Å². The Morgan fingerprint density at radius 2 is 2.38 bits per heavy atom. The summed E-state index contributed by atoms with van der Waals surface area (Å²) in [5.74, 6) is 0.403. The van der Waals surface area contributed by atoms with E-state index in [1.807, 2.05) is 0 Å². The Labute approximate surface area is 81.7 Å². The van der Waals surface area contributed by atoms with Crippen molar-refractivity contribution in [2.45, 2.75) is 11.4 Å². The second-order valence-electron chi connectivity index (χ2n) is 2.34. The summed E-state index contributed by atoms with van der Waals surface area (Å²) < 4.78 is 26.1. The van der Waals surface area contributed by atoms with E-state index >= 15 is 0 Å². The third kappa shape index (κ3) is 2.43. The lowest BCUT2D eigenvalue weighted by Crippen LogP contribution is -2.17. The maximum absolute atomic E-state index is 11.2. The molecule has 5 nitrogen and oxygen atoms in total. The van der Waals surface area contributed by atoms with Gasteiger partial charge in [0.2, 0.25) is 10.0 Å². The number of alkyl halides is 1. The third-order valence-corrected chi connectivity index (χ3v) is 3.04. The highest BCUT2D eigenvalue weighted by Gasteiger charge is 2.13. The largest absolute Gasteiger partial charge is 0.270 e. The van der Waals surface area contributed by atoms with Crippen LogP contribution in [-0.4, -0.2) is 31.1 Å². The molecule has 0 aliphatic rings. The van der Waals surface area contributed by atoms with E-state index in [1.54, 1.807) is 0 Å². The molecule has 0 bridgehead atoms. The van der Waals surface area contributed by atoms with Crippen LogP contribution in [-0.2, 0) is 16.6 Å². The number of aryl methyl sites for hydroxylation is 1. The zero-order valence-electron chi connectivity index (χ0n) is 7.07. The second-order valence-corrected chi connectivity index (χ2v) is 4.60. The van der Waals surface area contributed by atoms with Gasteiger partial charge < -0.3 is 0 Å². The molecule has 0 amide bonds. The number of nitrogens with one attached hydrogen (secondary N) is 1. The molecule has 1 heterocycles. The molecular formula is C6H10ClN3O2S. The molecule has 0 radical (unpaired) electrons. The van der Waals surface area contributed by atoms with E-state index in [1.165, 1.54) is 24.1 Å². The molecule has 0 aliphatic heterocycles. The Morgan fingerprint density at radius 3 is 2.92 bits per heavy atom. The first kappa shape index (κ1) is 10.5. The van der Waals surface area contributed by atoms with Gasteiger partial charge in [0.1, 0.15) is 4.90 Å². The lowest BCUT2D eigenvalue weighted by Gasteiger charge is -1.96. The van der Waals surface area contributed by atoms with Gasteiger partial charge in [-0.3, -0.25) is 4.68 Å². The van der Waals surface area contributed by atoms with E-state index < -0.39 is 10.0 Å². The minimum atomic E-state index is -3.37. The smallest absolute Gasteiger partial charge is 0.243 e. The van der Waals surface area contributed by atoms with E-state index in [4.69, 9.17) is 11.6 Å². The summed E-state index contributed by atoms with van der Waals surface area (Å²) in [5.41, 5.74) is 0. The van der Waals surface area contributed by atoms with Crippen LogP contribution in [0.15, 0.2) is 17.3 Å². The van der Waals surface area contributed by atoms with E-state index in [9.17, 15) is 8.42 Å². The molecule has 0 fully saturated rings. The van der Waals surface area contributed by atoms with Gasteiger partial charge in [0, 0.05) is 12.1 Å². The molecule has 7 heteroatoms. The number of hydrogen-bond donors (Lipinski definition) is 1. The van der Waals surface area contributed by atoms with Crippen molar-refractivity contribution in [3.05, 3.63) is 12.4 Å². The zero-order valence-corrected chi connectivity index (χ0v) is 8.64. The summed E-state index contributed by atoms with van der Waals surface area (Å²) in [6.45, 7) is 0.501. The Morgan fingerprint density at radius 1 is 1.69 bits per heavy atom. The normalized spacial score (nSPS) is 11.8. The first-order valence-electron chi connectivity index (χ1n) is 3.62. The summed E-state index contributed by atoms with van der Waals surface area (Å²) in [6, 6.07) is 0. The van der Waals surface area contributed by atoms with Crippen LogP contribution in [0.2, 0.25) is 0 Å². The zero-order chi connectivity index (χ0) is 9.90. The van der Waals surface area contributed by atoms with Gasteiger partial charge in [-0.15, -0.1) is 11.6 Å². The van der Waals surface area contributed by atoms with Gasteiger partial charge in [-0.25, -0.2) is 13.1 Å². The third-order valence-electron chi connectivity index (χ3n) is 1.50. The number of aromatic nitrogens is 2. The highest BCUT2D eigenvalue weighted by molar-refractivity contribution is 7.89. The topological polar surface area (TPSA) is 64.0 Å². The quantitative estimate of drug-likeness (QED) is 0.733. The van der Waals surface area contributed by atoms with Gasteiger partial charge in [-0.2, -0.15) is 5.10 Å². The van der Waals surface area contributed by atoms with Gasteiger partial charge in [0.25, 0.3) is 0 Å². The molecule has 1 N–H and O–H groups in total. The monoisotopic (exact) mass is 223 g/mol. The van der Waals surface area contributed by atoms with Crippen LogP contribution < -0.4 is 4.72 Å². The summed E-state index contributed by atoms with van der Waals surface area (Å²) in [5, 5.41) is 3.83. The number of halogens is 1. The van der Waals surface area contributed by atoms with Gasteiger partial charge in [-0.1, -0.05) is 0 Å². The Hall–Kier alpha value is -0.590. The minimum absolute atomic E-state index is 0.153. The average Bonchev–Trinajstić information content (AvgIpc) is 2.54. The fraction of sp³-hybridized carbons (Fsp3) is 0.500. The van der Waals surface area contributed by atoms with Crippen molar-refractivity contribution < 1.29 is 8.42 Å². The molecule has 0 saturated carbocycles. The number of nitrogens with zero attached hydrogens (tertiary/aromatic N) is 2. The van der Waals surface area contributed by atoms with Crippen LogP contribution in [0.3, 0.4) is 0 Å². The summed E-state index contributed by atoms with van der Waals surface area (Å²) in [7, 11) is -2.02. The van der Waals surface area contributed by atoms with E-state index in [0.29, 0.717) is 12.4 Å². The fourth-order valence-corrected chi connectivity index (χ4v) is 1.67. The van der Waals surface area contributed by atoms with Crippen molar-refractivity contribution in [2.75, 3.05) is 12.9 Å². The van der Waals surface area contributed by atoms with Crippen LogP contribution in [0.5, 0.6) is 0 Å². The first-order valence-corrected chi connectivity index (χ1v) is 5.64. The van der Waals surface area contributed by atoms with E-state index in [0.717, 1.165) is 0 Å². The molecule has 0 spiro atoms. The predicted molar refractivity (Wildman–Crippen MR) is 49.2 cm³/mol. The highest BCUT2D eigenvalue weighted by atomic mass is 35.5. The summed E-state index contributed by atoms with van der Waals surface area (Å²) in [6.07, 6.45) is 2.73. The van der Waals surface area contributed by atoms with E-state index in [-0.39, 0.29) is 4.90 Å². The van der Waals surface area contributed by atoms with Crippen LogP contribution in [0.1, 0.15) is 0 Å². The van der Waals surface area contributed by atoms with Crippen LogP contribution in [0.25, 0.3) is 0 Å². The lowest BCUT2D eigenvalue weighted by molar-refractivity contribution is 0.587. The van der Waals surface area contributed by atoms with Crippen LogP contribution >= 0.6 is 11.6 Å². The van der Waals surface area contributed by atoms with Gasteiger partial charge in [0.15, 0.2) is 0 Å². The van der Waals surface area contributed by atoms with Crippen molar-refractivity contribution in [1.82, 2.24) is 14.5 Å². The Balaban J connectivity index is 2.92. The lowest BCUT2D eigenvalue weighted by atomic mass is 10.7. The molecule has 0 saturated heterocycles. The summed E-state index contributed by atoms with van der Waals surface area (Å²) in [4.78, 5) is 0.153. The fourth-order valence-electron chi connectivity index (χ4n) is 0.810. The highest BCUT2D eigenvalue weighted by Crippen LogP contribution is 2.05. The molecule has 1 aromatic rings. The molecule has 1 rings (SSSR count). The maximum Gasteiger partial charge on any atom is 0.243 e. The molecule has 0 unspecified atom stereocenters. The minimum Gasteiger partial charge on any atom is -0.270 e. The number of hydrogen-bond acceptors (Lipinski definition) is 3. The van der Waals surface area contributed by atoms with Gasteiger partial charge in [-0.05, 0) is 7.05 Å². The SMILES string of the molecule is CNS(=O)(=O)c1cnn(CCCl)c1. The predicted octanol–water partition coefficient (Wildman–Crippen LogP) is 0.0300. The first-order chi connectivity index (χ1) is 6.10. The molecule has 74 valence electrons. The molecule has 0 aromatic carbocycles. The van der Waals surface area contributed by atoms with Crippen molar-refractivity contribution in [2.24, 2.45) is 0 Å². The van der Waals surface area contributed by atoms with Crippen LogP contribution in [0.4, 0.5) is 0 Å². The van der Waals surface area contributed by atoms with Crippen LogP contribution in [0, 0.1) is 0 Å². The molecule has 1 aromatic heterocycles. The van der Waals surface area contributed by atoms with Crippen molar-refractivity contribution in [3.63, 3.8) is 0 Å². The standard InChI is InChI=1S/C6H10ClN3O2S/c1-8-13(11,12)6-4-9-10(5-6)3-2-7/h4-5,8H,2-3H2,1H3. The number of sulfonamides is 1. The van der Waals surface area contributed by atoms with Crippen molar-refractivity contribution >= 4 is 21.6 Å². The number of rotatable bonds is 4. The van der Waals surface area contributed by atoms with E-state index in [2.05, 4.69) is 9.82 Å². The molecule has 0 atom stereocenters. The molecular weight excluding hydrogens is 214 g/mol. The average molecular weight is 224 g/mol. The Kier molecular flexibility index (Phi) is 3.29. The summed E-state index contributed by atoms with van der Waals surface area (Å²) >= 11 is 5.47. The molecule has 13 heavy (non-hydrogen) atoms. The Bertz CT molecular complexity index is 373. The van der Waals surface area contributed by atoms with Gasteiger partial charge in [0.05, 0.1) is 12.7 Å². The second kappa shape index (κ2) is 4.08. The van der Waals surface area contributed by atoms with Crippen molar-refractivity contribution in [1.29, 1.82) is 0 Å². The van der Waals surface area contributed by atoms with Crippen molar-refractivity contribution in [3.8, 4) is 0 Å². The maximum atomic E-state index is 11.2. The molecule has 0 aliphatic carbocycles.